The summed E-state index contributed by atoms with van der Waals surface area (Å²) in [7, 11) is 0. The van der Waals surface area contributed by atoms with Crippen LogP contribution in [0.3, 0.4) is 0 Å². The minimum atomic E-state index is 0.295. The molecule has 2 aliphatic heterocycles. The van der Waals surface area contributed by atoms with Crippen LogP contribution in [0.5, 0.6) is 0 Å². The number of rotatable bonds is 4. The molecule has 1 aromatic carbocycles. The number of carbonyl (C=O) groups excluding carboxylic acids is 1. The molecule has 2 heterocycles. The van der Waals surface area contributed by atoms with Crippen molar-refractivity contribution in [1.82, 2.24) is 10.2 Å². The molecule has 3 heteroatoms. The molecule has 0 bridgehead atoms. The van der Waals surface area contributed by atoms with E-state index in [0.29, 0.717) is 24.3 Å². The third-order valence-corrected chi connectivity index (χ3v) is 5.21. The van der Waals surface area contributed by atoms with Gasteiger partial charge in [-0.05, 0) is 63.6 Å². The van der Waals surface area contributed by atoms with E-state index in [0.717, 1.165) is 38.9 Å². The molecule has 0 saturated carbocycles. The van der Waals surface area contributed by atoms with Crippen LogP contribution < -0.4 is 5.32 Å². The molecule has 2 atom stereocenters. The van der Waals surface area contributed by atoms with Gasteiger partial charge in [0.15, 0.2) is 0 Å². The molecule has 0 spiro atoms. The highest BCUT2D eigenvalue weighted by Crippen LogP contribution is 2.32. The van der Waals surface area contributed by atoms with Crippen molar-refractivity contribution in [3.05, 3.63) is 35.4 Å². The highest BCUT2D eigenvalue weighted by atomic mass is 16.2. The number of carbonyl (C=O) groups is 1. The highest BCUT2D eigenvalue weighted by molar-refractivity contribution is 5.76. The number of hydrogen-bond donors (Lipinski definition) is 1. The van der Waals surface area contributed by atoms with Gasteiger partial charge in [0, 0.05) is 13.0 Å². The lowest BCUT2D eigenvalue weighted by Gasteiger charge is -2.36. The fraction of sp³-hybridized carbons (Fsp3) is 0.632. The second kappa shape index (κ2) is 7.28. The first-order valence-electron chi connectivity index (χ1n) is 8.81. The summed E-state index contributed by atoms with van der Waals surface area (Å²) in [4.78, 5) is 14.9. The van der Waals surface area contributed by atoms with Gasteiger partial charge in [0.1, 0.15) is 0 Å². The van der Waals surface area contributed by atoms with Gasteiger partial charge in [-0.15, -0.1) is 0 Å². The quantitative estimate of drug-likeness (QED) is 0.924. The Bertz CT molecular complexity index is 491. The van der Waals surface area contributed by atoms with Gasteiger partial charge in [-0.3, -0.25) is 4.79 Å². The molecule has 0 radical (unpaired) electrons. The number of amides is 1. The lowest BCUT2D eigenvalue weighted by atomic mass is 9.93. The number of nitrogens with one attached hydrogen (secondary N) is 1. The van der Waals surface area contributed by atoms with Crippen molar-refractivity contribution in [2.24, 2.45) is 5.92 Å². The molecule has 120 valence electrons. The Labute approximate surface area is 134 Å². The maximum absolute atomic E-state index is 12.7. The van der Waals surface area contributed by atoms with Crippen molar-refractivity contribution in [2.45, 2.75) is 51.5 Å². The smallest absolute Gasteiger partial charge is 0.223 e. The molecule has 2 saturated heterocycles. The molecule has 1 amide bonds. The zero-order chi connectivity index (χ0) is 15.4. The predicted octanol–water partition coefficient (Wildman–Crippen LogP) is 3.44. The van der Waals surface area contributed by atoms with E-state index in [2.05, 4.69) is 41.4 Å². The molecule has 3 rings (SSSR count). The molecular formula is C19H28N2O. The van der Waals surface area contributed by atoms with Gasteiger partial charge in [-0.25, -0.2) is 0 Å². The molecule has 2 fully saturated rings. The Morgan fingerprint density at radius 1 is 1.23 bits per heavy atom. The largest absolute Gasteiger partial charge is 0.336 e. The number of benzene rings is 1. The van der Waals surface area contributed by atoms with Gasteiger partial charge in [-0.2, -0.15) is 0 Å². The second-order valence-electron chi connectivity index (χ2n) is 6.91. The number of hydrogen-bond acceptors (Lipinski definition) is 2. The molecular weight excluding hydrogens is 272 g/mol. The summed E-state index contributed by atoms with van der Waals surface area (Å²) >= 11 is 0. The molecule has 3 nitrogen and oxygen atoms in total. The van der Waals surface area contributed by atoms with E-state index in [4.69, 9.17) is 0 Å². The first kappa shape index (κ1) is 15.5. The van der Waals surface area contributed by atoms with Crippen LogP contribution in [0.2, 0.25) is 0 Å². The summed E-state index contributed by atoms with van der Waals surface area (Å²) in [5.74, 6) is 1.06. The van der Waals surface area contributed by atoms with Crippen molar-refractivity contribution in [3.63, 3.8) is 0 Å². The van der Waals surface area contributed by atoms with Crippen molar-refractivity contribution >= 4 is 5.91 Å². The van der Waals surface area contributed by atoms with Gasteiger partial charge < -0.3 is 10.2 Å². The zero-order valence-corrected chi connectivity index (χ0v) is 13.7. The molecule has 1 aromatic rings. The average molecular weight is 300 g/mol. The topological polar surface area (TPSA) is 32.3 Å². The van der Waals surface area contributed by atoms with Crippen LogP contribution in [-0.4, -0.2) is 30.4 Å². The summed E-state index contributed by atoms with van der Waals surface area (Å²) < 4.78 is 0. The number of likely N-dealkylation sites (tertiary alicyclic amines) is 1. The van der Waals surface area contributed by atoms with Crippen molar-refractivity contribution in [2.75, 3.05) is 19.6 Å². The van der Waals surface area contributed by atoms with Gasteiger partial charge in [0.05, 0.1) is 6.04 Å². The number of nitrogens with zero attached hydrogens (tertiary/aromatic N) is 1. The van der Waals surface area contributed by atoms with E-state index in [1.807, 2.05) is 0 Å². The van der Waals surface area contributed by atoms with Crippen LogP contribution in [0, 0.1) is 12.8 Å². The van der Waals surface area contributed by atoms with Gasteiger partial charge >= 0.3 is 0 Å². The summed E-state index contributed by atoms with van der Waals surface area (Å²) in [6, 6.07) is 9.02. The molecule has 2 unspecified atom stereocenters. The van der Waals surface area contributed by atoms with E-state index in [-0.39, 0.29) is 0 Å². The Morgan fingerprint density at radius 2 is 2.05 bits per heavy atom. The standard InChI is InChI=1S/C19H28N2O/c1-15-5-8-17(9-6-15)18-4-2-3-13-21(18)19(22)10-7-16-11-12-20-14-16/h5-6,8-9,16,18,20H,2-4,7,10-14H2,1H3. The van der Waals surface area contributed by atoms with Gasteiger partial charge in [0.25, 0.3) is 0 Å². The van der Waals surface area contributed by atoms with Gasteiger partial charge in [0.2, 0.25) is 5.91 Å². The minimum absolute atomic E-state index is 0.295. The summed E-state index contributed by atoms with van der Waals surface area (Å²) in [5, 5.41) is 3.39. The Hall–Kier alpha value is -1.35. The average Bonchev–Trinajstić information content (AvgIpc) is 3.07. The molecule has 22 heavy (non-hydrogen) atoms. The van der Waals surface area contributed by atoms with E-state index >= 15 is 0 Å². The fourth-order valence-electron chi connectivity index (χ4n) is 3.80. The first-order chi connectivity index (χ1) is 10.7. The summed E-state index contributed by atoms with van der Waals surface area (Å²) in [6.45, 7) is 5.26. The number of piperidine rings is 1. The molecule has 0 aliphatic carbocycles. The predicted molar refractivity (Wildman–Crippen MR) is 89.7 cm³/mol. The maximum Gasteiger partial charge on any atom is 0.223 e. The second-order valence-corrected chi connectivity index (χ2v) is 6.91. The van der Waals surface area contributed by atoms with Crippen LogP contribution in [-0.2, 0) is 4.79 Å². The van der Waals surface area contributed by atoms with Crippen LogP contribution in [0.15, 0.2) is 24.3 Å². The van der Waals surface area contributed by atoms with Crippen molar-refractivity contribution < 1.29 is 4.79 Å². The summed E-state index contributed by atoms with van der Waals surface area (Å²) in [6.07, 6.45) is 6.49. The first-order valence-corrected chi connectivity index (χ1v) is 8.81. The molecule has 1 N–H and O–H groups in total. The van der Waals surface area contributed by atoms with Crippen LogP contribution in [0.4, 0.5) is 0 Å². The van der Waals surface area contributed by atoms with E-state index in [1.165, 1.54) is 24.0 Å². The lowest BCUT2D eigenvalue weighted by molar-refractivity contribution is -0.135. The number of aryl methyl sites for hydroxylation is 1. The minimum Gasteiger partial charge on any atom is -0.336 e. The van der Waals surface area contributed by atoms with Crippen LogP contribution in [0.1, 0.15) is 55.7 Å². The highest BCUT2D eigenvalue weighted by Gasteiger charge is 2.28. The SMILES string of the molecule is Cc1ccc(C2CCCCN2C(=O)CCC2CCNC2)cc1. The summed E-state index contributed by atoms with van der Waals surface area (Å²) in [5.41, 5.74) is 2.59. The Balaban J connectivity index is 1.63. The third-order valence-electron chi connectivity index (χ3n) is 5.21. The Kier molecular flexibility index (Phi) is 5.14. The van der Waals surface area contributed by atoms with Crippen molar-refractivity contribution in [3.8, 4) is 0 Å². The van der Waals surface area contributed by atoms with E-state index in [1.54, 1.807) is 0 Å². The monoisotopic (exact) mass is 300 g/mol. The third kappa shape index (κ3) is 3.70. The lowest BCUT2D eigenvalue weighted by Crippen LogP contribution is -2.38. The van der Waals surface area contributed by atoms with Crippen LogP contribution >= 0.6 is 0 Å². The van der Waals surface area contributed by atoms with Crippen molar-refractivity contribution in [1.29, 1.82) is 0 Å². The fourth-order valence-corrected chi connectivity index (χ4v) is 3.80. The Morgan fingerprint density at radius 3 is 2.77 bits per heavy atom. The molecule has 2 aliphatic rings. The van der Waals surface area contributed by atoms with Crippen LogP contribution in [0.25, 0.3) is 0 Å². The normalized spacial score (nSPS) is 25.4. The van der Waals surface area contributed by atoms with Gasteiger partial charge in [-0.1, -0.05) is 29.8 Å². The van der Waals surface area contributed by atoms with E-state index < -0.39 is 0 Å². The van der Waals surface area contributed by atoms with E-state index in [9.17, 15) is 4.79 Å². The molecule has 0 aromatic heterocycles. The zero-order valence-electron chi connectivity index (χ0n) is 13.7. The maximum atomic E-state index is 12.7.